The van der Waals surface area contributed by atoms with Crippen LogP contribution >= 0.6 is 12.2 Å². The molecule has 0 spiro atoms. The minimum Gasteiger partial charge on any atom is -0.343 e. The average molecular weight is 276 g/mol. The molecular weight excluding hydrogens is 259 g/mol. The van der Waals surface area contributed by atoms with Crippen LogP contribution in [0.5, 0.6) is 0 Å². The van der Waals surface area contributed by atoms with E-state index in [0.29, 0.717) is 4.64 Å². The molecule has 2 nitrogen and oxygen atoms in total. The topological polar surface area (TPSA) is 28.7 Å². The van der Waals surface area contributed by atoms with Crippen molar-refractivity contribution < 1.29 is 4.39 Å². The second kappa shape index (κ2) is 4.85. The zero-order valence-corrected chi connectivity index (χ0v) is 12.4. The minimum absolute atomic E-state index is 0.134. The molecule has 19 heavy (non-hydrogen) atoms. The van der Waals surface area contributed by atoms with Crippen LogP contribution in [0.15, 0.2) is 24.3 Å². The summed E-state index contributed by atoms with van der Waals surface area (Å²) in [5.41, 5.74) is 2.49. The van der Waals surface area contributed by atoms with E-state index in [2.05, 4.69) is 30.7 Å². The van der Waals surface area contributed by atoms with Gasteiger partial charge in [0, 0.05) is 11.0 Å². The number of hydrogen-bond acceptors (Lipinski definition) is 2. The Balaban J connectivity index is 2.66. The Morgan fingerprint density at radius 2 is 1.89 bits per heavy atom. The van der Waals surface area contributed by atoms with Gasteiger partial charge in [-0.1, -0.05) is 39.1 Å². The molecule has 2 rings (SSSR count). The van der Waals surface area contributed by atoms with Gasteiger partial charge in [-0.25, -0.2) is 9.37 Å². The van der Waals surface area contributed by atoms with E-state index < -0.39 is 0 Å². The first-order valence-corrected chi connectivity index (χ1v) is 6.56. The van der Waals surface area contributed by atoms with Gasteiger partial charge in [-0.05, 0) is 30.7 Å². The zero-order valence-electron chi connectivity index (χ0n) is 11.5. The molecule has 2 aromatic rings. The Kier molecular flexibility index (Phi) is 3.54. The van der Waals surface area contributed by atoms with Crippen LogP contribution in [0.25, 0.3) is 11.3 Å². The maximum Gasteiger partial charge on any atom is 0.130 e. The molecule has 0 saturated carbocycles. The number of H-pyrrole nitrogens is 1. The number of aromatic amines is 1. The van der Waals surface area contributed by atoms with E-state index >= 15 is 0 Å². The number of hydrogen-bond donors (Lipinski definition) is 1. The number of nitrogens with zero attached hydrogens (tertiary/aromatic N) is 1. The van der Waals surface area contributed by atoms with Crippen LogP contribution in [0.3, 0.4) is 0 Å². The van der Waals surface area contributed by atoms with Crippen molar-refractivity contribution in [1.82, 2.24) is 9.97 Å². The summed E-state index contributed by atoms with van der Waals surface area (Å²) in [5, 5.41) is 0. The third-order valence-corrected chi connectivity index (χ3v) is 3.15. The lowest BCUT2D eigenvalue weighted by atomic mass is 9.95. The smallest absolute Gasteiger partial charge is 0.130 e. The fourth-order valence-corrected chi connectivity index (χ4v) is 2.05. The molecule has 0 unspecified atom stereocenters. The molecule has 0 aliphatic rings. The SMILES string of the molecule is Cc1ccc(F)cc1-c1cc(=S)nc(C(C)(C)C)[nH]1. The number of nitrogens with one attached hydrogen (secondary N) is 1. The zero-order chi connectivity index (χ0) is 14.2. The molecule has 0 fully saturated rings. The summed E-state index contributed by atoms with van der Waals surface area (Å²) in [6.45, 7) is 8.12. The lowest BCUT2D eigenvalue weighted by Crippen LogP contribution is -2.16. The molecule has 100 valence electrons. The first kappa shape index (κ1) is 13.9. The van der Waals surface area contributed by atoms with Gasteiger partial charge in [-0.15, -0.1) is 0 Å². The van der Waals surface area contributed by atoms with E-state index in [4.69, 9.17) is 12.2 Å². The Labute approximate surface area is 117 Å². The molecule has 1 N–H and O–H groups in total. The monoisotopic (exact) mass is 276 g/mol. The van der Waals surface area contributed by atoms with E-state index in [9.17, 15) is 4.39 Å². The van der Waals surface area contributed by atoms with Crippen LogP contribution in [-0.4, -0.2) is 9.97 Å². The van der Waals surface area contributed by atoms with E-state index in [1.807, 2.05) is 6.92 Å². The number of halogens is 1. The summed E-state index contributed by atoms with van der Waals surface area (Å²) < 4.78 is 13.9. The minimum atomic E-state index is -0.256. The number of aryl methyl sites for hydroxylation is 1. The van der Waals surface area contributed by atoms with Gasteiger partial charge in [-0.3, -0.25) is 0 Å². The van der Waals surface area contributed by atoms with Gasteiger partial charge < -0.3 is 4.98 Å². The Morgan fingerprint density at radius 1 is 1.21 bits per heavy atom. The highest BCUT2D eigenvalue weighted by Crippen LogP contribution is 2.25. The first-order chi connectivity index (χ1) is 8.77. The van der Waals surface area contributed by atoms with Gasteiger partial charge in [-0.2, -0.15) is 0 Å². The Hall–Kier alpha value is -1.55. The summed E-state index contributed by atoms with van der Waals surface area (Å²) in [6, 6.07) is 6.51. The van der Waals surface area contributed by atoms with E-state index in [0.717, 1.165) is 22.6 Å². The van der Waals surface area contributed by atoms with Crippen molar-refractivity contribution in [2.24, 2.45) is 0 Å². The third kappa shape index (κ3) is 3.07. The Morgan fingerprint density at radius 3 is 2.53 bits per heavy atom. The highest BCUT2D eigenvalue weighted by atomic mass is 32.1. The molecule has 1 heterocycles. The lowest BCUT2D eigenvalue weighted by Gasteiger charge is -2.19. The fraction of sp³-hybridized carbons (Fsp3) is 0.333. The standard InChI is InChI=1S/C15H17FN2S/c1-9-5-6-10(16)7-11(9)12-8-13(19)18-14(17-12)15(2,3)4/h5-8H,1-4H3,(H,17,18,19). The summed E-state index contributed by atoms with van der Waals surface area (Å²) in [5.74, 6) is 0.549. The number of aromatic nitrogens is 2. The predicted molar refractivity (Wildman–Crippen MR) is 78.3 cm³/mol. The van der Waals surface area contributed by atoms with E-state index in [1.165, 1.54) is 12.1 Å². The van der Waals surface area contributed by atoms with Gasteiger partial charge >= 0.3 is 0 Å². The third-order valence-electron chi connectivity index (χ3n) is 2.94. The molecule has 0 saturated heterocycles. The van der Waals surface area contributed by atoms with Crippen LogP contribution in [0, 0.1) is 17.4 Å². The van der Waals surface area contributed by atoms with Crippen molar-refractivity contribution >= 4 is 12.2 Å². The second-order valence-corrected chi connectivity index (χ2v) is 6.11. The van der Waals surface area contributed by atoms with Gasteiger partial charge in [0.25, 0.3) is 0 Å². The van der Waals surface area contributed by atoms with Crippen molar-refractivity contribution in [2.45, 2.75) is 33.1 Å². The average Bonchev–Trinajstić information content (AvgIpc) is 2.30. The molecule has 0 aliphatic heterocycles. The van der Waals surface area contributed by atoms with E-state index in [1.54, 1.807) is 12.1 Å². The normalized spacial score (nSPS) is 11.6. The van der Waals surface area contributed by atoms with Crippen LogP contribution in [0.2, 0.25) is 0 Å². The largest absolute Gasteiger partial charge is 0.343 e. The number of rotatable bonds is 1. The maximum absolute atomic E-state index is 13.4. The van der Waals surface area contributed by atoms with Crippen LogP contribution < -0.4 is 0 Å². The molecule has 1 aromatic carbocycles. The lowest BCUT2D eigenvalue weighted by molar-refractivity contribution is 0.545. The molecule has 0 amide bonds. The van der Waals surface area contributed by atoms with Crippen molar-refractivity contribution in [1.29, 1.82) is 0 Å². The summed E-state index contributed by atoms with van der Waals surface area (Å²) in [6.07, 6.45) is 0. The maximum atomic E-state index is 13.4. The van der Waals surface area contributed by atoms with Crippen molar-refractivity contribution in [3.05, 3.63) is 46.1 Å². The first-order valence-electron chi connectivity index (χ1n) is 6.16. The van der Waals surface area contributed by atoms with Gasteiger partial charge in [0.15, 0.2) is 0 Å². The molecule has 0 aliphatic carbocycles. The van der Waals surface area contributed by atoms with Gasteiger partial charge in [0.1, 0.15) is 16.3 Å². The highest BCUT2D eigenvalue weighted by molar-refractivity contribution is 7.71. The number of benzene rings is 1. The molecule has 4 heteroatoms. The molecule has 0 radical (unpaired) electrons. The second-order valence-electron chi connectivity index (χ2n) is 5.69. The van der Waals surface area contributed by atoms with Gasteiger partial charge in [0.05, 0.1) is 5.69 Å². The summed E-state index contributed by atoms with van der Waals surface area (Å²) >= 11 is 5.21. The molecule has 0 bridgehead atoms. The predicted octanol–water partition coefficient (Wildman–Crippen LogP) is 4.55. The quantitative estimate of drug-likeness (QED) is 0.774. The van der Waals surface area contributed by atoms with Crippen molar-refractivity contribution in [2.75, 3.05) is 0 Å². The molecule has 0 atom stereocenters. The summed E-state index contributed by atoms with van der Waals surface area (Å²) in [7, 11) is 0. The fourth-order valence-electron chi connectivity index (χ4n) is 1.84. The molecular formula is C15H17FN2S. The van der Waals surface area contributed by atoms with E-state index in [-0.39, 0.29) is 11.2 Å². The highest BCUT2D eigenvalue weighted by Gasteiger charge is 2.17. The van der Waals surface area contributed by atoms with Crippen molar-refractivity contribution in [3.8, 4) is 11.3 Å². The van der Waals surface area contributed by atoms with Gasteiger partial charge in [0.2, 0.25) is 0 Å². The van der Waals surface area contributed by atoms with Crippen LogP contribution in [-0.2, 0) is 5.41 Å². The van der Waals surface area contributed by atoms with Crippen molar-refractivity contribution in [3.63, 3.8) is 0 Å². The summed E-state index contributed by atoms with van der Waals surface area (Å²) in [4.78, 5) is 7.61. The molecule has 1 aromatic heterocycles. The van der Waals surface area contributed by atoms with Crippen LogP contribution in [0.4, 0.5) is 4.39 Å². The Bertz CT molecular complexity index is 669. The van der Waals surface area contributed by atoms with Crippen LogP contribution in [0.1, 0.15) is 32.2 Å².